The van der Waals surface area contributed by atoms with Gasteiger partial charge in [0.05, 0.1) is 18.0 Å². The molecule has 4 heteroatoms. The summed E-state index contributed by atoms with van der Waals surface area (Å²) in [4.78, 5) is 4.15. The van der Waals surface area contributed by atoms with Gasteiger partial charge in [0.15, 0.2) is 0 Å². The van der Waals surface area contributed by atoms with E-state index in [2.05, 4.69) is 10.3 Å². The van der Waals surface area contributed by atoms with E-state index < -0.39 is 0 Å². The van der Waals surface area contributed by atoms with Crippen LogP contribution in [-0.4, -0.2) is 24.7 Å². The number of rotatable bonds is 4. The number of nitrogens with one attached hydrogen (secondary N) is 1. The Balaban J connectivity index is 2.55. The fourth-order valence-electron chi connectivity index (χ4n) is 0.995. The zero-order valence-electron chi connectivity index (χ0n) is 8.87. The summed E-state index contributed by atoms with van der Waals surface area (Å²) >= 11 is 0. The van der Waals surface area contributed by atoms with E-state index in [-0.39, 0.29) is 6.10 Å². The molecule has 3 N–H and O–H groups in total. The maximum absolute atomic E-state index is 5.66. The van der Waals surface area contributed by atoms with Crippen LogP contribution in [0.5, 0.6) is 0 Å². The van der Waals surface area contributed by atoms with Gasteiger partial charge in [0.2, 0.25) is 0 Å². The number of hydrogen-bond acceptors (Lipinski definition) is 4. The number of hydrogen-bond donors (Lipinski definition) is 2. The number of nitrogen functional groups attached to an aromatic ring is 1. The molecule has 78 valence electrons. The lowest BCUT2D eigenvalue weighted by atomic mass is 10.2. The summed E-state index contributed by atoms with van der Waals surface area (Å²) < 4.78 is 5.11. The number of pyridine rings is 1. The van der Waals surface area contributed by atoms with E-state index in [1.54, 1.807) is 13.3 Å². The average molecular weight is 195 g/mol. The Kier molecular flexibility index (Phi) is 3.71. The molecule has 0 saturated carbocycles. The standard InChI is InChI=1S/C10H17N3O/c1-7-4-10(13-6-9(7)11)12-5-8(2)14-3/h4,6,8H,5,11H2,1-3H3,(H,12,13). The van der Waals surface area contributed by atoms with E-state index in [1.807, 2.05) is 19.9 Å². The lowest BCUT2D eigenvalue weighted by Crippen LogP contribution is -2.18. The third kappa shape index (κ3) is 2.88. The number of methoxy groups -OCH3 is 1. The molecule has 0 radical (unpaired) electrons. The topological polar surface area (TPSA) is 60.2 Å². The van der Waals surface area contributed by atoms with Gasteiger partial charge in [-0.05, 0) is 25.5 Å². The van der Waals surface area contributed by atoms with Crippen molar-refractivity contribution in [3.05, 3.63) is 17.8 Å². The maximum Gasteiger partial charge on any atom is 0.126 e. The molecule has 0 bridgehead atoms. The molecule has 1 aromatic heterocycles. The number of nitrogens with two attached hydrogens (primary N) is 1. The second-order valence-corrected chi connectivity index (χ2v) is 3.35. The van der Waals surface area contributed by atoms with Crippen molar-refractivity contribution in [1.82, 2.24) is 4.98 Å². The van der Waals surface area contributed by atoms with Crippen LogP contribution in [0, 0.1) is 6.92 Å². The Morgan fingerprint density at radius 3 is 2.93 bits per heavy atom. The summed E-state index contributed by atoms with van der Waals surface area (Å²) in [6.07, 6.45) is 1.84. The second kappa shape index (κ2) is 4.81. The molecule has 0 aliphatic heterocycles. The monoisotopic (exact) mass is 195 g/mol. The van der Waals surface area contributed by atoms with Crippen molar-refractivity contribution < 1.29 is 4.74 Å². The Hall–Kier alpha value is -1.29. The minimum absolute atomic E-state index is 0.176. The van der Waals surface area contributed by atoms with Crippen molar-refractivity contribution >= 4 is 11.5 Å². The molecule has 0 spiro atoms. The summed E-state index contributed by atoms with van der Waals surface area (Å²) in [5, 5.41) is 3.17. The molecule has 1 heterocycles. The van der Waals surface area contributed by atoms with E-state index in [0.717, 1.165) is 23.6 Å². The van der Waals surface area contributed by atoms with E-state index in [9.17, 15) is 0 Å². The number of anilines is 2. The average Bonchev–Trinajstić information content (AvgIpc) is 2.19. The van der Waals surface area contributed by atoms with Crippen LogP contribution in [0.25, 0.3) is 0 Å². The van der Waals surface area contributed by atoms with Crippen molar-refractivity contribution in [3.8, 4) is 0 Å². The minimum atomic E-state index is 0.176. The van der Waals surface area contributed by atoms with Gasteiger partial charge in [-0.15, -0.1) is 0 Å². The molecule has 14 heavy (non-hydrogen) atoms. The van der Waals surface area contributed by atoms with Gasteiger partial charge in [0.1, 0.15) is 5.82 Å². The zero-order valence-corrected chi connectivity index (χ0v) is 8.87. The van der Waals surface area contributed by atoms with Crippen LogP contribution >= 0.6 is 0 Å². The van der Waals surface area contributed by atoms with E-state index in [1.165, 1.54) is 0 Å². The molecular formula is C10H17N3O. The Morgan fingerprint density at radius 1 is 1.64 bits per heavy atom. The van der Waals surface area contributed by atoms with Crippen LogP contribution in [0.2, 0.25) is 0 Å². The predicted molar refractivity (Wildman–Crippen MR) is 58.3 cm³/mol. The smallest absolute Gasteiger partial charge is 0.126 e. The lowest BCUT2D eigenvalue weighted by molar-refractivity contribution is 0.128. The molecule has 0 saturated heterocycles. The van der Waals surface area contributed by atoms with E-state index >= 15 is 0 Å². The fourth-order valence-corrected chi connectivity index (χ4v) is 0.995. The Morgan fingerprint density at radius 2 is 2.36 bits per heavy atom. The summed E-state index contributed by atoms with van der Waals surface area (Å²) in [5.41, 5.74) is 7.41. The molecule has 4 nitrogen and oxygen atoms in total. The van der Waals surface area contributed by atoms with Crippen molar-refractivity contribution in [2.45, 2.75) is 20.0 Å². The van der Waals surface area contributed by atoms with Crippen LogP contribution in [-0.2, 0) is 4.74 Å². The quantitative estimate of drug-likeness (QED) is 0.762. The molecule has 0 aliphatic rings. The lowest BCUT2D eigenvalue weighted by Gasteiger charge is -2.11. The third-order valence-corrected chi connectivity index (χ3v) is 2.12. The van der Waals surface area contributed by atoms with Gasteiger partial charge in [-0.2, -0.15) is 0 Å². The highest BCUT2D eigenvalue weighted by Crippen LogP contribution is 2.12. The molecule has 1 unspecified atom stereocenters. The van der Waals surface area contributed by atoms with E-state index in [0.29, 0.717) is 0 Å². The highest BCUT2D eigenvalue weighted by Gasteiger charge is 2.01. The van der Waals surface area contributed by atoms with E-state index in [4.69, 9.17) is 10.5 Å². The first-order chi connectivity index (χ1) is 6.63. The SMILES string of the molecule is COC(C)CNc1cc(C)c(N)cn1. The Bertz CT molecular complexity index is 301. The van der Waals surface area contributed by atoms with Gasteiger partial charge < -0.3 is 15.8 Å². The largest absolute Gasteiger partial charge is 0.397 e. The second-order valence-electron chi connectivity index (χ2n) is 3.35. The van der Waals surface area contributed by atoms with Gasteiger partial charge in [0.25, 0.3) is 0 Å². The van der Waals surface area contributed by atoms with Gasteiger partial charge in [-0.1, -0.05) is 0 Å². The van der Waals surface area contributed by atoms with Crippen LogP contribution in [0.3, 0.4) is 0 Å². The van der Waals surface area contributed by atoms with Crippen molar-refractivity contribution in [2.75, 3.05) is 24.7 Å². The molecule has 1 aromatic rings. The Labute approximate surface area is 84.5 Å². The highest BCUT2D eigenvalue weighted by molar-refractivity contribution is 5.50. The summed E-state index contributed by atoms with van der Waals surface area (Å²) in [6.45, 7) is 4.70. The maximum atomic E-state index is 5.66. The van der Waals surface area contributed by atoms with Gasteiger partial charge in [0, 0.05) is 13.7 Å². The van der Waals surface area contributed by atoms with Crippen molar-refractivity contribution in [2.24, 2.45) is 0 Å². The molecule has 0 fully saturated rings. The molecule has 0 aromatic carbocycles. The molecule has 0 amide bonds. The number of aromatic nitrogens is 1. The van der Waals surface area contributed by atoms with Gasteiger partial charge in [-0.3, -0.25) is 0 Å². The van der Waals surface area contributed by atoms with Gasteiger partial charge >= 0.3 is 0 Å². The zero-order chi connectivity index (χ0) is 10.6. The van der Waals surface area contributed by atoms with Crippen LogP contribution < -0.4 is 11.1 Å². The number of ether oxygens (including phenoxy) is 1. The van der Waals surface area contributed by atoms with Crippen molar-refractivity contribution in [3.63, 3.8) is 0 Å². The van der Waals surface area contributed by atoms with Crippen LogP contribution in [0.1, 0.15) is 12.5 Å². The first kappa shape index (κ1) is 10.8. The molecule has 0 aliphatic carbocycles. The summed E-state index contributed by atoms with van der Waals surface area (Å²) in [6, 6.07) is 1.93. The number of aryl methyl sites for hydroxylation is 1. The third-order valence-electron chi connectivity index (χ3n) is 2.12. The number of nitrogens with zero attached hydrogens (tertiary/aromatic N) is 1. The first-order valence-electron chi connectivity index (χ1n) is 4.62. The molecule has 1 rings (SSSR count). The first-order valence-corrected chi connectivity index (χ1v) is 4.62. The predicted octanol–water partition coefficient (Wildman–Crippen LogP) is 1.42. The normalized spacial score (nSPS) is 12.5. The summed E-state index contributed by atoms with van der Waals surface area (Å²) in [7, 11) is 1.69. The van der Waals surface area contributed by atoms with Crippen molar-refractivity contribution in [1.29, 1.82) is 0 Å². The minimum Gasteiger partial charge on any atom is -0.397 e. The fraction of sp³-hybridized carbons (Fsp3) is 0.500. The van der Waals surface area contributed by atoms with Crippen LogP contribution in [0.4, 0.5) is 11.5 Å². The van der Waals surface area contributed by atoms with Crippen LogP contribution in [0.15, 0.2) is 12.3 Å². The molecular weight excluding hydrogens is 178 g/mol. The molecule has 1 atom stereocenters. The highest BCUT2D eigenvalue weighted by atomic mass is 16.5. The van der Waals surface area contributed by atoms with Gasteiger partial charge in [-0.25, -0.2) is 4.98 Å². The summed E-state index contributed by atoms with van der Waals surface area (Å²) in [5.74, 6) is 0.834.